The summed E-state index contributed by atoms with van der Waals surface area (Å²) in [6.45, 7) is 3.83. The molecule has 1 atom stereocenters. The second-order valence-corrected chi connectivity index (χ2v) is 9.69. The van der Waals surface area contributed by atoms with Crippen LogP contribution in [0.4, 0.5) is 5.82 Å². The SMILES string of the molecule is Cc1nnn(CC2CCCN(c3nc(-c4ccc(Cl)cc4)c(-c4ccc(Cl)cc4)nc3C(N)=O)C2)n1. The maximum atomic E-state index is 12.6. The smallest absolute Gasteiger partial charge is 0.271 e. The molecule has 0 radical (unpaired) electrons. The van der Waals surface area contributed by atoms with E-state index >= 15 is 0 Å². The Bertz CT molecular complexity index is 1390. The molecule has 2 N–H and O–H groups in total. The molecule has 0 spiro atoms. The van der Waals surface area contributed by atoms with Crippen LogP contribution in [0.15, 0.2) is 48.5 Å². The fourth-order valence-corrected chi connectivity index (χ4v) is 4.72. The molecule has 1 amide bonds. The highest BCUT2D eigenvalue weighted by Gasteiger charge is 2.28. The van der Waals surface area contributed by atoms with Crippen LogP contribution in [-0.4, -0.2) is 49.2 Å². The maximum Gasteiger partial charge on any atom is 0.271 e. The molecule has 5 rings (SSSR count). The van der Waals surface area contributed by atoms with E-state index in [9.17, 15) is 4.79 Å². The van der Waals surface area contributed by atoms with Crippen molar-refractivity contribution in [1.82, 2.24) is 30.2 Å². The van der Waals surface area contributed by atoms with Crippen LogP contribution in [0.25, 0.3) is 22.5 Å². The van der Waals surface area contributed by atoms with Crippen LogP contribution < -0.4 is 10.6 Å². The average molecular weight is 523 g/mol. The lowest BCUT2D eigenvalue weighted by Crippen LogP contribution is -2.39. The Balaban J connectivity index is 1.58. The van der Waals surface area contributed by atoms with Crippen LogP contribution in [0.2, 0.25) is 10.0 Å². The number of primary amides is 1. The monoisotopic (exact) mass is 522 g/mol. The third-order valence-corrected chi connectivity index (χ3v) is 6.64. The van der Waals surface area contributed by atoms with Crippen LogP contribution in [-0.2, 0) is 6.54 Å². The van der Waals surface area contributed by atoms with Crippen LogP contribution in [0.1, 0.15) is 29.2 Å². The molecule has 0 bridgehead atoms. The molecule has 36 heavy (non-hydrogen) atoms. The minimum absolute atomic E-state index is 0.132. The van der Waals surface area contributed by atoms with Crippen molar-refractivity contribution in [2.75, 3.05) is 18.0 Å². The number of benzene rings is 2. The number of hydrogen-bond acceptors (Lipinski definition) is 7. The van der Waals surface area contributed by atoms with Crippen molar-refractivity contribution in [3.63, 3.8) is 0 Å². The first-order valence-corrected chi connectivity index (χ1v) is 12.4. The number of anilines is 1. The zero-order valence-electron chi connectivity index (χ0n) is 19.6. The summed E-state index contributed by atoms with van der Waals surface area (Å²) in [5.74, 6) is 0.725. The van der Waals surface area contributed by atoms with E-state index in [1.807, 2.05) is 31.2 Å². The van der Waals surface area contributed by atoms with Crippen LogP contribution in [0.3, 0.4) is 0 Å². The molecule has 4 aromatic rings. The number of nitrogens with zero attached hydrogens (tertiary/aromatic N) is 7. The number of halogens is 2. The lowest BCUT2D eigenvalue weighted by molar-refractivity contribution is 0.0995. The van der Waals surface area contributed by atoms with Gasteiger partial charge in [0, 0.05) is 34.3 Å². The minimum Gasteiger partial charge on any atom is -0.364 e. The highest BCUT2D eigenvalue weighted by Crippen LogP contribution is 2.35. The number of carbonyl (C=O) groups excluding carboxylic acids is 1. The molecule has 2 aromatic heterocycles. The number of tetrazole rings is 1. The molecule has 184 valence electrons. The molecule has 1 aliphatic heterocycles. The molecular formula is C25H24Cl2N8O. The van der Waals surface area contributed by atoms with Gasteiger partial charge in [0.15, 0.2) is 17.3 Å². The van der Waals surface area contributed by atoms with E-state index in [0.29, 0.717) is 46.2 Å². The summed E-state index contributed by atoms with van der Waals surface area (Å²) in [7, 11) is 0. The Labute approximate surface area is 218 Å². The second-order valence-electron chi connectivity index (χ2n) is 8.82. The third kappa shape index (κ3) is 5.17. The Kier molecular flexibility index (Phi) is 6.84. The summed E-state index contributed by atoms with van der Waals surface area (Å²) < 4.78 is 0. The molecule has 1 aliphatic rings. The number of rotatable bonds is 6. The molecule has 1 unspecified atom stereocenters. The number of carbonyl (C=O) groups is 1. The Morgan fingerprint density at radius 3 is 2.17 bits per heavy atom. The molecule has 1 saturated heterocycles. The first-order chi connectivity index (χ1) is 17.4. The van der Waals surface area contributed by atoms with Gasteiger partial charge in [-0.1, -0.05) is 47.5 Å². The lowest BCUT2D eigenvalue weighted by Gasteiger charge is -2.34. The summed E-state index contributed by atoms with van der Waals surface area (Å²) in [6.07, 6.45) is 1.93. The lowest BCUT2D eigenvalue weighted by atomic mass is 9.97. The number of piperidine rings is 1. The van der Waals surface area contributed by atoms with Crippen molar-refractivity contribution in [3.8, 4) is 22.5 Å². The molecule has 0 aliphatic carbocycles. The van der Waals surface area contributed by atoms with Gasteiger partial charge in [-0.3, -0.25) is 4.79 Å². The average Bonchev–Trinajstić information content (AvgIpc) is 3.28. The molecule has 0 saturated carbocycles. The van der Waals surface area contributed by atoms with E-state index < -0.39 is 5.91 Å². The van der Waals surface area contributed by atoms with Gasteiger partial charge in [0.05, 0.1) is 17.9 Å². The standard InChI is InChI=1S/C25H24Cl2N8O/c1-15-31-33-35(32-15)14-16-3-2-12-34(13-16)25-23(24(28)36)29-21(17-4-8-19(26)9-5-17)22(30-25)18-6-10-20(27)11-7-18/h4-11,16H,2-3,12-14H2,1H3,(H2,28,36). The highest BCUT2D eigenvalue weighted by atomic mass is 35.5. The van der Waals surface area contributed by atoms with E-state index in [0.717, 1.165) is 30.5 Å². The fourth-order valence-electron chi connectivity index (χ4n) is 4.47. The van der Waals surface area contributed by atoms with Crippen molar-refractivity contribution in [2.24, 2.45) is 11.7 Å². The Hall–Kier alpha value is -3.56. The van der Waals surface area contributed by atoms with Crippen molar-refractivity contribution in [2.45, 2.75) is 26.3 Å². The summed E-state index contributed by atoms with van der Waals surface area (Å²) in [5.41, 5.74) is 8.73. The van der Waals surface area contributed by atoms with Gasteiger partial charge in [0.1, 0.15) is 0 Å². The number of hydrogen-bond donors (Lipinski definition) is 1. The number of nitrogens with two attached hydrogens (primary N) is 1. The molecule has 9 nitrogen and oxygen atoms in total. The fraction of sp³-hybridized carbons (Fsp3) is 0.280. The predicted molar refractivity (Wildman–Crippen MR) is 139 cm³/mol. The van der Waals surface area contributed by atoms with Gasteiger partial charge in [0.25, 0.3) is 5.91 Å². The van der Waals surface area contributed by atoms with Crippen molar-refractivity contribution in [3.05, 3.63) is 70.1 Å². The van der Waals surface area contributed by atoms with Crippen LogP contribution >= 0.6 is 23.2 Å². The highest BCUT2D eigenvalue weighted by molar-refractivity contribution is 6.31. The molecule has 1 fully saturated rings. The molecule has 2 aromatic carbocycles. The Morgan fingerprint density at radius 2 is 1.61 bits per heavy atom. The zero-order valence-corrected chi connectivity index (χ0v) is 21.1. The van der Waals surface area contributed by atoms with E-state index in [1.165, 1.54) is 0 Å². The first kappa shape index (κ1) is 24.1. The largest absolute Gasteiger partial charge is 0.364 e. The normalized spacial score (nSPS) is 15.8. The van der Waals surface area contributed by atoms with Crippen molar-refractivity contribution in [1.29, 1.82) is 0 Å². The van der Waals surface area contributed by atoms with Gasteiger partial charge in [-0.25, -0.2) is 9.97 Å². The summed E-state index contributed by atoms with van der Waals surface area (Å²) in [6, 6.07) is 14.6. The van der Waals surface area contributed by atoms with Gasteiger partial charge < -0.3 is 10.6 Å². The summed E-state index contributed by atoms with van der Waals surface area (Å²) in [5, 5.41) is 13.6. The van der Waals surface area contributed by atoms with E-state index in [1.54, 1.807) is 29.1 Å². The van der Waals surface area contributed by atoms with Gasteiger partial charge in [-0.05, 0) is 55.2 Å². The molecule has 11 heteroatoms. The molecular weight excluding hydrogens is 499 g/mol. The number of aryl methyl sites for hydroxylation is 1. The number of amides is 1. The predicted octanol–water partition coefficient (Wildman–Crippen LogP) is 4.43. The second kappa shape index (κ2) is 10.2. The molecule has 3 heterocycles. The van der Waals surface area contributed by atoms with Crippen molar-refractivity contribution >= 4 is 34.9 Å². The number of aromatic nitrogens is 6. The first-order valence-electron chi connectivity index (χ1n) is 11.6. The minimum atomic E-state index is -0.633. The Morgan fingerprint density at radius 1 is 1.00 bits per heavy atom. The third-order valence-electron chi connectivity index (χ3n) is 6.14. The van der Waals surface area contributed by atoms with Crippen LogP contribution in [0, 0.1) is 12.8 Å². The van der Waals surface area contributed by atoms with Crippen LogP contribution in [0.5, 0.6) is 0 Å². The quantitative estimate of drug-likeness (QED) is 0.398. The topological polar surface area (TPSA) is 116 Å². The van der Waals surface area contributed by atoms with Crippen molar-refractivity contribution < 1.29 is 4.79 Å². The van der Waals surface area contributed by atoms with Gasteiger partial charge >= 0.3 is 0 Å². The summed E-state index contributed by atoms with van der Waals surface area (Å²) >= 11 is 12.2. The van der Waals surface area contributed by atoms with E-state index in [-0.39, 0.29) is 11.6 Å². The van der Waals surface area contributed by atoms with E-state index in [2.05, 4.69) is 20.3 Å². The zero-order chi connectivity index (χ0) is 25.2. The van der Waals surface area contributed by atoms with E-state index in [4.69, 9.17) is 38.9 Å². The van der Waals surface area contributed by atoms with Gasteiger partial charge in [0.2, 0.25) is 0 Å². The maximum absolute atomic E-state index is 12.6. The van der Waals surface area contributed by atoms with Gasteiger partial charge in [-0.15, -0.1) is 10.2 Å². The summed E-state index contributed by atoms with van der Waals surface area (Å²) in [4.78, 5) is 26.1. The van der Waals surface area contributed by atoms with Gasteiger partial charge in [-0.2, -0.15) is 4.80 Å².